The van der Waals surface area contributed by atoms with Crippen LogP contribution >= 0.6 is 0 Å². The van der Waals surface area contributed by atoms with Crippen molar-refractivity contribution in [1.29, 1.82) is 0 Å². The minimum atomic E-state index is -0.340. The Balaban J connectivity index is 2.24. The smallest absolute Gasteiger partial charge is 0.184 e. The summed E-state index contributed by atoms with van der Waals surface area (Å²) in [4.78, 5) is 0. The average molecular weight is 236 g/mol. The summed E-state index contributed by atoms with van der Waals surface area (Å²) in [6.45, 7) is 4.09. The summed E-state index contributed by atoms with van der Waals surface area (Å²) in [5.74, 6) is 3.53. The van der Waals surface area contributed by atoms with Crippen LogP contribution in [-0.4, -0.2) is 0 Å². The first kappa shape index (κ1) is 12.3. The highest BCUT2D eigenvalue weighted by Gasteiger charge is 2.10. The molecule has 0 saturated heterocycles. The number of terminal acetylenes is 1. The Kier molecular flexibility index (Phi) is 3.69. The number of hydrogen-bond donors (Lipinski definition) is 0. The second-order valence-electron chi connectivity index (χ2n) is 4.34. The topological polar surface area (TPSA) is 9.23 Å². The van der Waals surface area contributed by atoms with Gasteiger partial charge in [0, 0.05) is 5.56 Å². The van der Waals surface area contributed by atoms with Gasteiger partial charge in [0.1, 0.15) is 5.75 Å². The van der Waals surface area contributed by atoms with E-state index in [0.717, 1.165) is 16.9 Å². The third-order valence-corrected chi connectivity index (χ3v) is 2.83. The zero-order chi connectivity index (χ0) is 13.0. The maximum Gasteiger partial charge on any atom is 0.184 e. The molecule has 2 aromatic carbocycles. The summed E-state index contributed by atoms with van der Waals surface area (Å²) in [5, 5.41) is 0. The zero-order valence-corrected chi connectivity index (χ0v) is 10.7. The Morgan fingerprint density at radius 1 is 1.06 bits per heavy atom. The molecule has 0 bridgehead atoms. The van der Waals surface area contributed by atoms with E-state index in [-0.39, 0.29) is 6.10 Å². The minimum Gasteiger partial charge on any atom is -0.473 e. The van der Waals surface area contributed by atoms with Gasteiger partial charge >= 0.3 is 0 Å². The molecule has 1 unspecified atom stereocenters. The van der Waals surface area contributed by atoms with E-state index >= 15 is 0 Å². The van der Waals surface area contributed by atoms with Crippen molar-refractivity contribution < 1.29 is 4.74 Å². The molecular formula is C17H16O. The largest absolute Gasteiger partial charge is 0.473 e. The van der Waals surface area contributed by atoms with Gasteiger partial charge in [-0.05, 0) is 25.5 Å². The van der Waals surface area contributed by atoms with Crippen molar-refractivity contribution in [3.8, 4) is 18.1 Å². The van der Waals surface area contributed by atoms with Gasteiger partial charge in [0.05, 0.1) is 0 Å². The van der Waals surface area contributed by atoms with Gasteiger partial charge in [-0.15, -0.1) is 6.42 Å². The Morgan fingerprint density at radius 3 is 2.39 bits per heavy atom. The van der Waals surface area contributed by atoms with Crippen molar-refractivity contribution in [3.05, 3.63) is 65.2 Å². The molecule has 0 saturated carbocycles. The van der Waals surface area contributed by atoms with Crippen molar-refractivity contribution >= 4 is 0 Å². The van der Waals surface area contributed by atoms with Crippen LogP contribution < -0.4 is 4.74 Å². The molecule has 0 spiro atoms. The number of hydrogen-bond acceptors (Lipinski definition) is 1. The van der Waals surface area contributed by atoms with Crippen molar-refractivity contribution in [2.45, 2.75) is 20.0 Å². The van der Waals surface area contributed by atoms with Gasteiger partial charge in [0.2, 0.25) is 0 Å². The van der Waals surface area contributed by atoms with E-state index in [1.54, 1.807) is 0 Å². The van der Waals surface area contributed by atoms with Gasteiger partial charge < -0.3 is 4.74 Å². The minimum absolute atomic E-state index is 0.340. The van der Waals surface area contributed by atoms with E-state index in [1.807, 2.05) is 49.4 Å². The fourth-order valence-electron chi connectivity index (χ4n) is 1.88. The van der Waals surface area contributed by atoms with E-state index in [4.69, 9.17) is 11.2 Å². The number of benzene rings is 2. The van der Waals surface area contributed by atoms with Crippen LogP contribution in [0, 0.1) is 26.2 Å². The van der Waals surface area contributed by atoms with Crippen LogP contribution in [0.25, 0.3) is 0 Å². The molecule has 0 aliphatic carbocycles. The van der Waals surface area contributed by atoms with Crippen molar-refractivity contribution in [3.63, 3.8) is 0 Å². The molecule has 0 aliphatic rings. The number of aryl methyl sites for hydroxylation is 2. The van der Waals surface area contributed by atoms with Gasteiger partial charge in [-0.1, -0.05) is 53.9 Å². The maximum absolute atomic E-state index is 5.90. The summed E-state index contributed by atoms with van der Waals surface area (Å²) in [6.07, 6.45) is 5.22. The lowest BCUT2D eigenvalue weighted by molar-refractivity contribution is 0.263. The molecule has 2 rings (SSSR count). The number of rotatable bonds is 3. The molecular weight excluding hydrogens is 220 g/mol. The summed E-state index contributed by atoms with van der Waals surface area (Å²) in [6, 6.07) is 15.9. The summed E-state index contributed by atoms with van der Waals surface area (Å²) >= 11 is 0. The first-order chi connectivity index (χ1) is 8.70. The normalized spacial score (nSPS) is 11.6. The SMILES string of the molecule is C#CC(Oc1ccc(C)cc1C)c1ccccc1. The van der Waals surface area contributed by atoms with E-state index in [2.05, 4.69) is 18.9 Å². The average Bonchev–Trinajstić information content (AvgIpc) is 2.39. The van der Waals surface area contributed by atoms with E-state index in [0.29, 0.717) is 0 Å². The molecule has 2 aromatic rings. The standard InChI is InChI=1S/C17H16O/c1-4-16(15-8-6-5-7-9-15)18-17-11-10-13(2)12-14(17)3/h1,5-12,16H,2-3H3. The molecule has 0 aromatic heterocycles. The van der Waals surface area contributed by atoms with Gasteiger partial charge in [-0.25, -0.2) is 0 Å². The van der Waals surface area contributed by atoms with Crippen LogP contribution in [0.4, 0.5) is 0 Å². The molecule has 0 radical (unpaired) electrons. The first-order valence-electron chi connectivity index (χ1n) is 5.95. The van der Waals surface area contributed by atoms with Crippen LogP contribution in [0.5, 0.6) is 5.75 Å². The monoisotopic (exact) mass is 236 g/mol. The van der Waals surface area contributed by atoms with Crippen molar-refractivity contribution in [2.24, 2.45) is 0 Å². The first-order valence-corrected chi connectivity index (χ1v) is 5.95. The van der Waals surface area contributed by atoms with Gasteiger partial charge in [0.25, 0.3) is 0 Å². The summed E-state index contributed by atoms with van der Waals surface area (Å²) in [7, 11) is 0. The zero-order valence-electron chi connectivity index (χ0n) is 10.7. The Hall–Kier alpha value is -2.20. The lowest BCUT2D eigenvalue weighted by Gasteiger charge is -2.16. The highest BCUT2D eigenvalue weighted by molar-refractivity contribution is 5.37. The molecule has 0 N–H and O–H groups in total. The highest BCUT2D eigenvalue weighted by Crippen LogP contribution is 2.25. The van der Waals surface area contributed by atoms with Crippen LogP contribution in [-0.2, 0) is 0 Å². The molecule has 90 valence electrons. The second-order valence-corrected chi connectivity index (χ2v) is 4.34. The molecule has 0 heterocycles. The Labute approximate surface area is 108 Å². The third kappa shape index (κ3) is 2.73. The fourth-order valence-corrected chi connectivity index (χ4v) is 1.88. The van der Waals surface area contributed by atoms with Gasteiger partial charge in [-0.3, -0.25) is 0 Å². The molecule has 0 amide bonds. The summed E-state index contributed by atoms with van der Waals surface area (Å²) in [5.41, 5.74) is 3.32. The van der Waals surface area contributed by atoms with E-state index < -0.39 is 0 Å². The predicted octanol–water partition coefficient (Wildman–Crippen LogP) is 4.06. The molecule has 1 heteroatoms. The fraction of sp³-hybridized carbons (Fsp3) is 0.176. The molecule has 18 heavy (non-hydrogen) atoms. The lowest BCUT2D eigenvalue weighted by atomic mass is 10.1. The molecule has 0 aliphatic heterocycles. The molecule has 1 nitrogen and oxygen atoms in total. The predicted molar refractivity (Wildman–Crippen MR) is 74.6 cm³/mol. The Morgan fingerprint density at radius 2 is 1.78 bits per heavy atom. The highest BCUT2D eigenvalue weighted by atomic mass is 16.5. The van der Waals surface area contributed by atoms with Crippen LogP contribution in [0.2, 0.25) is 0 Å². The lowest BCUT2D eigenvalue weighted by Crippen LogP contribution is -2.05. The van der Waals surface area contributed by atoms with E-state index in [9.17, 15) is 0 Å². The van der Waals surface area contributed by atoms with Gasteiger partial charge in [-0.2, -0.15) is 0 Å². The van der Waals surface area contributed by atoms with Crippen LogP contribution in [0.1, 0.15) is 22.8 Å². The number of ether oxygens (including phenoxy) is 1. The van der Waals surface area contributed by atoms with Crippen molar-refractivity contribution in [2.75, 3.05) is 0 Å². The van der Waals surface area contributed by atoms with Gasteiger partial charge in [0.15, 0.2) is 6.10 Å². The summed E-state index contributed by atoms with van der Waals surface area (Å²) < 4.78 is 5.90. The van der Waals surface area contributed by atoms with E-state index in [1.165, 1.54) is 5.56 Å². The molecule has 1 atom stereocenters. The van der Waals surface area contributed by atoms with Crippen molar-refractivity contribution in [1.82, 2.24) is 0 Å². The molecule has 0 fully saturated rings. The second kappa shape index (κ2) is 5.42. The van der Waals surface area contributed by atoms with Crippen LogP contribution in [0.3, 0.4) is 0 Å². The van der Waals surface area contributed by atoms with Crippen LogP contribution in [0.15, 0.2) is 48.5 Å². The quantitative estimate of drug-likeness (QED) is 0.730. The third-order valence-electron chi connectivity index (χ3n) is 2.83. The maximum atomic E-state index is 5.90. The Bertz CT molecular complexity index is 564.